The van der Waals surface area contributed by atoms with E-state index in [1.54, 1.807) is 26.4 Å². The van der Waals surface area contributed by atoms with E-state index in [2.05, 4.69) is 15.6 Å². The molecule has 0 bridgehead atoms. The Kier molecular flexibility index (Phi) is 2.28. The fourth-order valence-electron chi connectivity index (χ4n) is 0.613. The van der Waals surface area contributed by atoms with Crippen LogP contribution >= 0.6 is 0 Å². The Bertz CT molecular complexity index is 164. The Hall–Kier alpha value is -1.03. The van der Waals surface area contributed by atoms with Crippen molar-refractivity contribution in [2.45, 2.75) is 0 Å². The van der Waals surface area contributed by atoms with E-state index in [4.69, 9.17) is 4.74 Å². The lowest BCUT2D eigenvalue weighted by molar-refractivity contribution is 0.400. The summed E-state index contributed by atoms with van der Waals surface area (Å²) in [5.41, 5.74) is 0. The predicted molar refractivity (Wildman–Crippen MR) is 39.0 cm³/mol. The highest BCUT2D eigenvalue weighted by Crippen LogP contribution is 1.98. The normalized spacial score (nSPS) is 18.0. The van der Waals surface area contributed by atoms with E-state index in [0.29, 0.717) is 12.2 Å². The summed E-state index contributed by atoms with van der Waals surface area (Å²) in [6.45, 7) is 0. The van der Waals surface area contributed by atoms with Gasteiger partial charge in [-0.1, -0.05) is 0 Å². The molecule has 55 valence electrons. The molecule has 0 spiro atoms. The molecule has 0 fully saturated rings. The first-order valence-electron chi connectivity index (χ1n) is 2.97. The van der Waals surface area contributed by atoms with Gasteiger partial charge in [0.2, 0.25) is 12.2 Å². The molecule has 0 amide bonds. The Balaban J connectivity index is 2.56. The molecule has 0 saturated carbocycles. The Morgan fingerprint density at radius 3 is 3.10 bits per heavy atom. The molecule has 1 aliphatic rings. The molecule has 1 rings (SSSR count). The van der Waals surface area contributed by atoms with Crippen molar-refractivity contribution in [3.05, 3.63) is 18.6 Å². The van der Waals surface area contributed by atoms with Crippen LogP contribution in [0.25, 0.3) is 0 Å². The third-order valence-electron chi connectivity index (χ3n) is 1.11. The molecule has 1 radical (unpaired) electrons. The molecular formula is C6H10N3O. The van der Waals surface area contributed by atoms with Gasteiger partial charge < -0.3 is 10.1 Å². The maximum atomic E-state index is 4.89. The van der Waals surface area contributed by atoms with Crippen LogP contribution in [0.1, 0.15) is 0 Å². The standard InChI is InChI=1S/C6H10N3O/c1-7-6-8-4-3-5(9-6)10-2/h3-4,7-8H,1-2H3. The van der Waals surface area contributed by atoms with Gasteiger partial charge in [-0.25, -0.2) is 4.99 Å². The van der Waals surface area contributed by atoms with Crippen molar-refractivity contribution in [2.75, 3.05) is 14.2 Å². The maximum absolute atomic E-state index is 4.89. The maximum Gasteiger partial charge on any atom is 0.247 e. The summed E-state index contributed by atoms with van der Waals surface area (Å²) in [5.74, 6) is 0.600. The van der Waals surface area contributed by atoms with E-state index in [-0.39, 0.29) is 0 Å². The van der Waals surface area contributed by atoms with Crippen LogP contribution in [-0.2, 0) is 4.74 Å². The van der Waals surface area contributed by atoms with Gasteiger partial charge in [-0.15, -0.1) is 0 Å². The number of hydrogen-bond acceptors (Lipinski definition) is 4. The molecule has 0 aromatic carbocycles. The van der Waals surface area contributed by atoms with Crippen molar-refractivity contribution in [1.29, 1.82) is 0 Å². The third-order valence-corrected chi connectivity index (χ3v) is 1.11. The molecule has 10 heavy (non-hydrogen) atoms. The van der Waals surface area contributed by atoms with Crippen LogP contribution in [0, 0.1) is 6.29 Å². The topological polar surface area (TPSA) is 45.7 Å². The van der Waals surface area contributed by atoms with Crippen molar-refractivity contribution in [3.8, 4) is 0 Å². The average Bonchev–Trinajstić information content (AvgIpc) is 2.05. The quantitative estimate of drug-likeness (QED) is 0.531. The van der Waals surface area contributed by atoms with Crippen molar-refractivity contribution in [1.82, 2.24) is 10.6 Å². The lowest BCUT2D eigenvalue weighted by atomic mass is 10.5. The van der Waals surface area contributed by atoms with Crippen molar-refractivity contribution in [3.63, 3.8) is 0 Å². The lowest BCUT2D eigenvalue weighted by Gasteiger charge is -2.13. The summed E-state index contributed by atoms with van der Waals surface area (Å²) >= 11 is 0. The number of methoxy groups -OCH3 is 1. The van der Waals surface area contributed by atoms with E-state index < -0.39 is 0 Å². The zero-order valence-electron chi connectivity index (χ0n) is 6.01. The van der Waals surface area contributed by atoms with Crippen LogP contribution < -0.4 is 10.6 Å². The molecule has 4 heteroatoms. The van der Waals surface area contributed by atoms with Crippen LogP contribution in [0.5, 0.6) is 0 Å². The Morgan fingerprint density at radius 2 is 2.50 bits per heavy atom. The molecule has 0 aliphatic carbocycles. The van der Waals surface area contributed by atoms with Crippen LogP contribution in [0.15, 0.2) is 17.3 Å². The first-order valence-corrected chi connectivity index (χ1v) is 2.97. The smallest absolute Gasteiger partial charge is 0.247 e. The zero-order valence-corrected chi connectivity index (χ0v) is 6.01. The van der Waals surface area contributed by atoms with Gasteiger partial charge in [0.15, 0.2) is 0 Å². The number of aliphatic imine (C=N–C) groups is 1. The highest BCUT2D eigenvalue weighted by Gasteiger charge is 2.07. The third kappa shape index (κ3) is 1.48. The second-order valence-corrected chi connectivity index (χ2v) is 1.73. The molecule has 0 unspecified atom stereocenters. The molecule has 0 aromatic rings. The second-order valence-electron chi connectivity index (χ2n) is 1.73. The summed E-state index contributed by atoms with van der Waals surface area (Å²) in [5, 5.41) is 5.75. The molecule has 4 nitrogen and oxygen atoms in total. The second kappa shape index (κ2) is 3.22. The van der Waals surface area contributed by atoms with Crippen LogP contribution in [0.4, 0.5) is 0 Å². The molecule has 1 aliphatic heterocycles. The SMILES string of the molecule is CN[C]1N=C(OC)C=CN1. The van der Waals surface area contributed by atoms with E-state index in [0.717, 1.165) is 0 Å². The van der Waals surface area contributed by atoms with E-state index in [1.165, 1.54) is 0 Å². The molecule has 0 aromatic heterocycles. The van der Waals surface area contributed by atoms with Crippen molar-refractivity contribution < 1.29 is 4.74 Å². The van der Waals surface area contributed by atoms with Gasteiger partial charge >= 0.3 is 0 Å². The highest BCUT2D eigenvalue weighted by atomic mass is 16.5. The minimum Gasteiger partial charge on any atom is -0.481 e. The zero-order chi connectivity index (χ0) is 7.40. The first-order chi connectivity index (χ1) is 4.86. The Labute approximate surface area is 60.0 Å². The van der Waals surface area contributed by atoms with E-state index >= 15 is 0 Å². The van der Waals surface area contributed by atoms with Gasteiger partial charge in [-0.3, -0.25) is 5.32 Å². The highest BCUT2D eigenvalue weighted by molar-refractivity contribution is 5.88. The monoisotopic (exact) mass is 140 g/mol. The minimum absolute atomic E-state index is 0.600. The molecular weight excluding hydrogens is 130 g/mol. The number of nitrogens with zero attached hydrogens (tertiary/aromatic N) is 1. The van der Waals surface area contributed by atoms with Gasteiger partial charge in [0, 0.05) is 12.3 Å². The van der Waals surface area contributed by atoms with E-state index in [1.807, 2.05) is 0 Å². The predicted octanol–water partition coefficient (Wildman–Crippen LogP) is -0.185. The van der Waals surface area contributed by atoms with Crippen molar-refractivity contribution in [2.24, 2.45) is 4.99 Å². The number of hydrogen-bond donors (Lipinski definition) is 2. The summed E-state index contributed by atoms with van der Waals surface area (Å²) in [4.78, 5) is 4.02. The number of ether oxygens (including phenoxy) is 1. The van der Waals surface area contributed by atoms with Gasteiger partial charge in [-0.2, -0.15) is 0 Å². The van der Waals surface area contributed by atoms with E-state index in [9.17, 15) is 0 Å². The summed E-state index contributed by atoms with van der Waals surface area (Å²) < 4.78 is 4.89. The van der Waals surface area contributed by atoms with Gasteiger partial charge in [-0.05, 0) is 7.05 Å². The summed E-state index contributed by atoms with van der Waals surface area (Å²) in [6.07, 6.45) is 4.21. The largest absolute Gasteiger partial charge is 0.481 e. The minimum atomic E-state index is 0.600. The Morgan fingerprint density at radius 1 is 1.70 bits per heavy atom. The molecule has 2 N–H and O–H groups in total. The number of rotatable bonds is 1. The fraction of sp³-hybridized carbons (Fsp3) is 0.333. The number of nitrogens with one attached hydrogen (secondary N) is 2. The molecule has 0 atom stereocenters. The van der Waals surface area contributed by atoms with Gasteiger partial charge in [0.25, 0.3) is 0 Å². The van der Waals surface area contributed by atoms with Crippen LogP contribution in [-0.4, -0.2) is 20.1 Å². The molecule has 1 heterocycles. The van der Waals surface area contributed by atoms with Gasteiger partial charge in [0.05, 0.1) is 7.11 Å². The van der Waals surface area contributed by atoms with Crippen LogP contribution in [0.2, 0.25) is 0 Å². The summed E-state index contributed by atoms with van der Waals surface area (Å²) in [6, 6.07) is 0. The summed E-state index contributed by atoms with van der Waals surface area (Å²) in [7, 11) is 3.38. The van der Waals surface area contributed by atoms with Crippen molar-refractivity contribution >= 4 is 5.90 Å². The van der Waals surface area contributed by atoms with Crippen LogP contribution in [0.3, 0.4) is 0 Å². The fourth-order valence-corrected chi connectivity index (χ4v) is 0.613. The van der Waals surface area contributed by atoms with Gasteiger partial charge in [0.1, 0.15) is 0 Å². The lowest BCUT2D eigenvalue weighted by Crippen LogP contribution is -2.30. The average molecular weight is 140 g/mol. The molecule has 0 saturated heterocycles. The first kappa shape index (κ1) is 7.08.